The van der Waals surface area contributed by atoms with E-state index in [0.29, 0.717) is 5.82 Å². The van der Waals surface area contributed by atoms with E-state index >= 15 is 0 Å². The summed E-state index contributed by atoms with van der Waals surface area (Å²) in [5.41, 5.74) is 3.34. The van der Waals surface area contributed by atoms with Crippen LogP contribution < -0.4 is 0 Å². The van der Waals surface area contributed by atoms with Gasteiger partial charge in [-0.15, -0.1) is 0 Å². The first-order valence-corrected chi connectivity index (χ1v) is 8.04. The maximum atomic E-state index is 13.4. The molecule has 6 heteroatoms. The van der Waals surface area contributed by atoms with Gasteiger partial charge in [-0.3, -0.25) is 4.98 Å². The first-order chi connectivity index (χ1) is 12.1. The van der Waals surface area contributed by atoms with Gasteiger partial charge >= 0.3 is 0 Å². The highest BCUT2D eigenvalue weighted by atomic mass is 19.1. The van der Waals surface area contributed by atoms with Crippen LogP contribution in [0.25, 0.3) is 23.2 Å². The summed E-state index contributed by atoms with van der Waals surface area (Å²) in [5.74, 6) is 0.439. The minimum absolute atomic E-state index is 0.0727. The molecule has 5 nitrogen and oxygen atoms in total. The van der Waals surface area contributed by atoms with E-state index in [0.717, 1.165) is 22.5 Å². The van der Waals surface area contributed by atoms with Gasteiger partial charge < -0.3 is 5.11 Å². The molecule has 25 heavy (non-hydrogen) atoms. The van der Waals surface area contributed by atoms with Gasteiger partial charge in [0.2, 0.25) is 0 Å². The van der Waals surface area contributed by atoms with Crippen molar-refractivity contribution in [3.63, 3.8) is 0 Å². The summed E-state index contributed by atoms with van der Waals surface area (Å²) >= 11 is 0. The first kappa shape index (κ1) is 17.0. The van der Waals surface area contributed by atoms with Crippen molar-refractivity contribution in [3.05, 3.63) is 66.0 Å². The Balaban J connectivity index is 2.30. The molecule has 0 saturated heterocycles. The SMILES string of the molecule is CC(C)c1nn(-c2cnccn2)c(-c2ccc(F)cc2)c1/C=C/CO. The van der Waals surface area contributed by atoms with Gasteiger partial charge in [0.25, 0.3) is 0 Å². The van der Waals surface area contributed by atoms with Crippen molar-refractivity contribution in [1.29, 1.82) is 0 Å². The van der Waals surface area contributed by atoms with Gasteiger partial charge in [-0.2, -0.15) is 5.10 Å². The monoisotopic (exact) mass is 338 g/mol. The Morgan fingerprint density at radius 2 is 1.96 bits per heavy atom. The summed E-state index contributed by atoms with van der Waals surface area (Å²) in [6.07, 6.45) is 8.33. The molecule has 2 heterocycles. The molecule has 0 spiro atoms. The predicted molar refractivity (Wildman–Crippen MR) is 94.8 cm³/mol. The Morgan fingerprint density at radius 1 is 1.20 bits per heavy atom. The van der Waals surface area contributed by atoms with Crippen LogP contribution in [0.5, 0.6) is 0 Å². The van der Waals surface area contributed by atoms with Gasteiger partial charge in [0.05, 0.1) is 24.2 Å². The number of rotatable bonds is 5. The molecule has 2 aromatic heterocycles. The van der Waals surface area contributed by atoms with Gasteiger partial charge in [-0.25, -0.2) is 14.1 Å². The highest BCUT2D eigenvalue weighted by Crippen LogP contribution is 2.33. The molecule has 128 valence electrons. The van der Waals surface area contributed by atoms with Crippen molar-refractivity contribution >= 4 is 6.08 Å². The predicted octanol–water partition coefficient (Wildman–Crippen LogP) is 3.60. The van der Waals surface area contributed by atoms with Gasteiger partial charge in [0.15, 0.2) is 5.82 Å². The highest BCUT2D eigenvalue weighted by molar-refractivity contribution is 5.75. The van der Waals surface area contributed by atoms with Gasteiger partial charge in [0, 0.05) is 23.5 Å². The third kappa shape index (κ3) is 3.49. The molecule has 0 unspecified atom stereocenters. The second-order valence-corrected chi connectivity index (χ2v) is 5.87. The lowest BCUT2D eigenvalue weighted by molar-refractivity contribution is 0.343. The number of hydrogen-bond acceptors (Lipinski definition) is 4. The van der Waals surface area contributed by atoms with Crippen LogP contribution in [0.3, 0.4) is 0 Å². The summed E-state index contributed by atoms with van der Waals surface area (Å²) in [4.78, 5) is 8.45. The molecule has 0 aliphatic rings. The molecule has 0 atom stereocenters. The summed E-state index contributed by atoms with van der Waals surface area (Å²) in [5, 5.41) is 13.9. The number of aliphatic hydroxyl groups excluding tert-OH is 1. The number of nitrogens with zero attached hydrogens (tertiary/aromatic N) is 4. The zero-order chi connectivity index (χ0) is 17.8. The molecule has 1 aromatic carbocycles. The van der Waals surface area contributed by atoms with Crippen molar-refractivity contribution in [2.24, 2.45) is 0 Å². The average Bonchev–Trinajstić information content (AvgIpc) is 3.01. The quantitative estimate of drug-likeness (QED) is 0.772. The molecule has 0 fully saturated rings. The fourth-order valence-electron chi connectivity index (χ4n) is 2.66. The lowest BCUT2D eigenvalue weighted by Gasteiger charge is -2.08. The summed E-state index contributed by atoms with van der Waals surface area (Å²) in [6, 6.07) is 6.25. The molecule has 1 N–H and O–H groups in total. The summed E-state index contributed by atoms with van der Waals surface area (Å²) in [7, 11) is 0. The molecule has 0 amide bonds. The third-order valence-corrected chi connectivity index (χ3v) is 3.77. The van der Waals surface area contributed by atoms with Crippen molar-refractivity contribution in [1.82, 2.24) is 19.7 Å². The molecule has 0 aliphatic heterocycles. The molecule has 0 radical (unpaired) electrons. The van der Waals surface area contributed by atoms with Gasteiger partial charge in [0.1, 0.15) is 5.82 Å². The largest absolute Gasteiger partial charge is 0.392 e. The second-order valence-electron chi connectivity index (χ2n) is 5.87. The standard InChI is InChI=1S/C19H19FN4O/c1-13(2)18-16(4-3-11-25)19(14-5-7-15(20)8-6-14)24(23-18)17-12-21-9-10-22-17/h3-10,12-13,25H,11H2,1-2H3/b4-3+. The van der Waals surface area contributed by atoms with Crippen LogP contribution >= 0.6 is 0 Å². The van der Waals surface area contributed by atoms with Crippen LogP contribution in [-0.2, 0) is 0 Å². The van der Waals surface area contributed by atoms with Crippen molar-refractivity contribution in [3.8, 4) is 17.1 Å². The third-order valence-electron chi connectivity index (χ3n) is 3.77. The van der Waals surface area contributed by atoms with E-state index in [9.17, 15) is 9.50 Å². The number of aromatic nitrogens is 4. The van der Waals surface area contributed by atoms with Gasteiger partial charge in [-0.05, 0) is 30.2 Å². The lowest BCUT2D eigenvalue weighted by atomic mass is 10.00. The zero-order valence-corrected chi connectivity index (χ0v) is 14.1. The molecule has 0 bridgehead atoms. The van der Waals surface area contributed by atoms with E-state index in [1.54, 1.807) is 41.5 Å². The van der Waals surface area contributed by atoms with E-state index in [1.165, 1.54) is 12.1 Å². The van der Waals surface area contributed by atoms with Crippen LogP contribution in [-0.4, -0.2) is 31.5 Å². The van der Waals surface area contributed by atoms with E-state index in [4.69, 9.17) is 5.10 Å². The van der Waals surface area contributed by atoms with Crippen molar-refractivity contribution < 1.29 is 9.50 Å². The minimum atomic E-state index is -0.300. The molecule has 0 saturated carbocycles. The van der Waals surface area contributed by atoms with Gasteiger partial charge in [-0.1, -0.05) is 26.0 Å². The van der Waals surface area contributed by atoms with E-state index < -0.39 is 0 Å². The summed E-state index contributed by atoms with van der Waals surface area (Å²) < 4.78 is 15.1. The highest BCUT2D eigenvalue weighted by Gasteiger charge is 2.21. The maximum Gasteiger partial charge on any atom is 0.172 e. The van der Waals surface area contributed by atoms with E-state index in [2.05, 4.69) is 9.97 Å². The zero-order valence-electron chi connectivity index (χ0n) is 14.1. The molecule has 3 rings (SSSR count). The molecular formula is C19H19FN4O. The Hall–Kier alpha value is -2.86. The first-order valence-electron chi connectivity index (χ1n) is 8.04. The van der Waals surface area contributed by atoms with Crippen LogP contribution in [0.15, 0.2) is 48.9 Å². The molecule has 3 aromatic rings. The maximum absolute atomic E-state index is 13.4. The van der Waals surface area contributed by atoms with E-state index in [1.807, 2.05) is 19.9 Å². The lowest BCUT2D eigenvalue weighted by Crippen LogP contribution is -2.03. The average molecular weight is 338 g/mol. The summed E-state index contributed by atoms with van der Waals surface area (Å²) in [6.45, 7) is 4.03. The number of hydrogen-bond donors (Lipinski definition) is 1. The number of aliphatic hydroxyl groups is 1. The second kappa shape index (κ2) is 7.36. The van der Waals surface area contributed by atoms with Crippen molar-refractivity contribution in [2.75, 3.05) is 6.61 Å². The Morgan fingerprint density at radius 3 is 2.56 bits per heavy atom. The number of halogens is 1. The van der Waals surface area contributed by atoms with Crippen molar-refractivity contribution in [2.45, 2.75) is 19.8 Å². The normalized spacial score (nSPS) is 11.6. The smallest absolute Gasteiger partial charge is 0.172 e. The fraction of sp³-hybridized carbons (Fsp3) is 0.211. The van der Waals surface area contributed by atoms with Crippen LogP contribution in [0.2, 0.25) is 0 Å². The van der Waals surface area contributed by atoms with Crippen LogP contribution in [0.4, 0.5) is 4.39 Å². The molecule has 0 aliphatic carbocycles. The number of benzene rings is 1. The topological polar surface area (TPSA) is 63.8 Å². The van der Waals surface area contributed by atoms with E-state index in [-0.39, 0.29) is 18.3 Å². The fourth-order valence-corrected chi connectivity index (χ4v) is 2.66. The van der Waals surface area contributed by atoms with Crippen LogP contribution in [0, 0.1) is 5.82 Å². The Kier molecular flexibility index (Phi) is 5.00. The minimum Gasteiger partial charge on any atom is -0.392 e. The Bertz CT molecular complexity index is 870. The Labute approximate surface area is 145 Å². The van der Waals surface area contributed by atoms with Crippen LogP contribution in [0.1, 0.15) is 31.0 Å². The molecular weight excluding hydrogens is 319 g/mol.